The molecule has 0 aliphatic carbocycles. The number of amides is 1. The fourth-order valence-corrected chi connectivity index (χ4v) is 2.88. The summed E-state index contributed by atoms with van der Waals surface area (Å²) in [7, 11) is 0. The Labute approximate surface area is 134 Å². The summed E-state index contributed by atoms with van der Waals surface area (Å²) < 4.78 is 1.68. The van der Waals surface area contributed by atoms with Crippen LogP contribution in [0.4, 0.5) is 5.69 Å². The average Bonchev–Trinajstić information content (AvgIpc) is 3.07. The lowest BCUT2D eigenvalue weighted by atomic mass is 10.2. The second-order valence-electron chi connectivity index (χ2n) is 5.23. The first kappa shape index (κ1) is 14.8. The average molecular weight is 320 g/mol. The number of piperazine rings is 1. The zero-order valence-electron chi connectivity index (χ0n) is 12.2. The standard InChI is InChI=1S/C15H18ClN5O/c16-13-3-1-2-4-14(13)19-7-9-20(10-8-19)15(22)5-6-21-12-17-11-18-21/h1-4,11-12H,5-10H2. The predicted octanol–water partition coefficient (Wildman–Crippen LogP) is 1.67. The first-order valence-electron chi connectivity index (χ1n) is 7.34. The fourth-order valence-electron chi connectivity index (χ4n) is 2.62. The number of hydrogen-bond acceptors (Lipinski definition) is 4. The summed E-state index contributed by atoms with van der Waals surface area (Å²) in [5.74, 6) is 0.161. The highest BCUT2D eigenvalue weighted by Crippen LogP contribution is 2.26. The Kier molecular flexibility index (Phi) is 4.58. The van der Waals surface area contributed by atoms with Crippen LogP contribution in [0.5, 0.6) is 0 Å². The molecular formula is C15H18ClN5O. The summed E-state index contributed by atoms with van der Waals surface area (Å²) in [6.45, 7) is 3.63. The molecule has 0 radical (unpaired) electrons. The lowest BCUT2D eigenvalue weighted by molar-refractivity contribution is -0.131. The summed E-state index contributed by atoms with van der Waals surface area (Å²) in [5.41, 5.74) is 1.04. The molecule has 0 unspecified atom stereocenters. The van der Waals surface area contributed by atoms with Crippen LogP contribution < -0.4 is 4.90 Å². The molecule has 1 amide bonds. The van der Waals surface area contributed by atoms with Gasteiger partial charge in [-0.3, -0.25) is 9.48 Å². The number of carbonyl (C=O) groups excluding carboxylic acids is 1. The van der Waals surface area contributed by atoms with Crippen molar-refractivity contribution >= 4 is 23.2 Å². The van der Waals surface area contributed by atoms with Gasteiger partial charge in [-0.15, -0.1) is 0 Å². The molecule has 0 atom stereocenters. The summed E-state index contributed by atoms with van der Waals surface area (Å²) in [4.78, 5) is 20.2. The van der Waals surface area contributed by atoms with Gasteiger partial charge in [-0.1, -0.05) is 23.7 Å². The smallest absolute Gasteiger partial charge is 0.224 e. The molecule has 116 valence electrons. The van der Waals surface area contributed by atoms with E-state index < -0.39 is 0 Å². The van der Waals surface area contributed by atoms with Crippen molar-refractivity contribution < 1.29 is 4.79 Å². The molecule has 1 aliphatic heterocycles. The number of para-hydroxylation sites is 1. The molecule has 3 rings (SSSR count). The van der Waals surface area contributed by atoms with E-state index in [1.165, 1.54) is 6.33 Å². The van der Waals surface area contributed by atoms with Gasteiger partial charge in [0.2, 0.25) is 5.91 Å². The zero-order chi connectivity index (χ0) is 15.4. The van der Waals surface area contributed by atoms with Crippen LogP contribution >= 0.6 is 11.6 Å². The third-order valence-electron chi connectivity index (χ3n) is 3.85. The van der Waals surface area contributed by atoms with Crippen LogP contribution in [0.3, 0.4) is 0 Å². The van der Waals surface area contributed by atoms with Gasteiger partial charge in [-0.2, -0.15) is 5.10 Å². The summed E-state index contributed by atoms with van der Waals surface area (Å²) in [6, 6.07) is 7.82. The molecular weight excluding hydrogens is 302 g/mol. The van der Waals surface area contributed by atoms with Gasteiger partial charge in [0, 0.05) is 32.6 Å². The molecule has 2 heterocycles. The van der Waals surface area contributed by atoms with Gasteiger partial charge in [-0.25, -0.2) is 4.98 Å². The van der Waals surface area contributed by atoms with Crippen LogP contribution in [-0.4, -0.2) is 51.8 Å². The predicted molar refractivity (Wildman–Crippen MR) is 84.9 cm³/mol. The third kappa shape index (κ3) is 3.39. The SMILES string of the molecule is O=C(CCn1cncn1)N1CCN(c2ccccc2Cl)CC1. The van der Waals surface area contributed by atoms with Crippen LogP contribution in [0.2, 0.25) is 5.02 Å². The van der Waals surface area contributed by atoms with Crippen molar-refractivity contribution in [1.29, 1.82) is 0 Å². The normalized spacial score (nSPS) is 15.1. The van der Waals surface area contributed by atoms with Crippen LogP contribution in [0.15, 0.2) is 36.9 Å². The molecule has 7 heteroatoms. The Bertz CT molecular complexity index is 623. The fraction of sp³-hybridized carbons (Fsp3) is 0.400. The highest BCUT2D eigenvalue weighted by Gasteiger charge is 2.22. The number of rotatable bonds is 4. The van der Waals surface area contributed by atoms with E-state index in [-0.39, 0.29) is 5.91 Å². The van der Waals surface area contributed by atoms with Crippen LogP contribution in [-0.2, 0) is 11.3 Å². The quantitative estimate of drug-likeness (QED) is 0.860. The number of aromatic nitrogens is 3. The molecule has 0 bridgehead atoms. The number of nitrogens with zero attached hydrogens (tertiary/aromatic N) is 5. The first-order chi connectivity index (χ1) is 10.7. The van der Waals surface area contributed by atoms with E-state index in [0.717, 1.165) is 36.9 Å². The van der Waals surface area contributed by atoms with E-state index in [0.29, 0.717) is 13.0 Å². The topological polar surface area (TPSA) is 54.3 Å². The van der Waals surface area contributed by atoms with Crippen molar-refractivity contribution in [1.82, 2.24) is 19.7 Å². The third-order valence-corrected chi connectivity index (χ3v) is 4.17. The largest absolute Gasteiger partial charge is 0.367 e. The number of halogens is 1. The molecule has 1 aromatic carbocycles. The van der Waals surface area contributed by atoms with Crippen molar-refractivity contribution in [2.24, 2.45) is 0 Å². The molecule has 0 N–H and O–H groups in total. The minimum absolute atomic E-state index is 0.161. The lowest BCUT2D eigenvalue weighted by Crippen LogP contribution is -2.49. The molecule has 1 saturated heterocycles. The van der Waals surface area contributed by atoms with E-state index in [4.69, 9.17) is 11.6 Å². The number of carbonyl (C=O) groups is 1. The Morgan fingerprint density at radius 3 is 2.64 bits per heavy atom. The second-order valence-corrected chi connectivity index (χ2v) is 5.64. The first-order valence-corrected chi connectivity index (χ1v) is 7.71. The highest BCUT2D eigenvalue weighted by molar-refractivity contribution is 6.33. The Morgan fingerprint density at radius 1 is 1.18 bits per heavy atom. The van der Waals surface area contributed by atoms with Crippen LogP contribution in [0.25, 0.3) is 0 Å². The van der Waals surface area contributed by atoms with Gasteiger partial charge in [0.1, 0.15) is 12.7 Å². The van der Waals surface area contributed by atoms with Gasteiger partial charge in [0.05, 0.1) is 17.3 Å². The molecule has 6 nitrogen and oxygen atoms in total. The van der Waals surface area contributed by atoms with E-state index in [1.807, 2.05) is 29.2 Å². The summed E-state index contributed by atoms with van der Waals surface area (Å²) in [6.07, 6.45) is 3.56. The molecule has 1 aliphatic rings. The number of anilines is 1. The van der Waals surface area contributed by atoms with E-state index in [1.54, 1.807) is 11.0 Å². The van der Waals surface area contributed by atoms with E-state index >= 15 is 0 Å². The van der Waals surface area contributed by atoms with Gasteiger partial charge >= 0.3 is 0 Å². The van der Waals surface area contributed by atoms with E-state index in [9.17, 15) is 4.79 Å². The van der Waals surface area contributed by atoms with Crippen molar-refractivity contribution in [3.05, 3.63) is 41.9 Å². The minimum atomic E-state index is 0.161. The Hall–Kier alpha value is -2.08. The monoisotopic (exact) mass is 319 g/mol. The van der Waals surface area contributed by atoms with Crippen LogP contribution in [0.1, 0.15) is 6.42 Å². The van der Waals surface area contributed by atoms with Crippen molar-refractivity contribution in [3.63, 3.8) is 0 Å². The van der Waals surface area contributed by atoms with E-state index in [2.05, 4.69) is 15.0 Å². The molecule has 2 aromatic rings. The van der Waals surface area contributed by atoms with Gasteiger partial charge in [-0.05, 0) is 12.1 Å². The molecule has 1 aromatic heterocycles. The molecule has 0 spiro atoms. The maximum absolute atomic E-state index is 12.2. The molecule has 22 heavy (non-hydrogen) atoms. The maximum atomic E-state index is 12.2. The van der Waals surface area contributed by atoms with Gasteiger partial charge in [0.15, 0.2) is 0 Å². The van der Waals surface area contributed by atoms with Crippen molar-refractivity contribution in [2.45, 2.75) is 13.0 Å². The number of hydrogen-bond donors (Lipinski definition) is 0. The number of aryl methyl sites for hydroxylation is 1. The zero-order valence-corrected chi connectivity index (χ0v) is 13.0. The van der Waals surface area contributed by atoms with Gasteiger partial charge in [0.25, 0.3) is 0 Å². The van der Waals surface area contributed by atoms with Crippen molar-refractivity contribution in [2.75, 3.05) is 31.1 Å². The van der Waals surface area contributed by atoms with Crippen molar-refractivity contribution in [3.8, 4) is 0 Å². The van der Waals surface area contributed by atoms with Crippen LogP contribution in [0, 0.1) is 0 Å². The maximum Gasteiger partial charge on any atom is 0.224 e. The highest BCUT2D eigenvalue weighted by atomic mass is 35.5. The number of benzene rings is 1. The summed E-state index contributed by atoms with van der Waals surface area (Å²) >= 11 is 6.23. The molecule has 0 saturated carbocycles. The Morgan fingerprint density at radius 2 is 1.95 bits per heavy atom. The Balaban J connectivity index is 1.51. The second kappa shape index (κ2) is 6.79. The van der Waals surface area contributed by atoms with Gasteiger partial charge < -0.3 is 9.80 Å². The molecule has 1 fully saturated rings. The lowest BCUT2D eigenvalue weighted by Gasteiger charge is -2.36. The minimum Gasteiger partial charge on any atom is -0.367 e. The summed E-state index contributed by atoms with van der Waals surface area (Å²) in [5, 5.41) is 4.76.